The molecule has 0 aliphatic heterocycles. The normalized spacial score (nSPS) is 11.8. The average Bonchev–Trinajstić information content (AvgIpc) is 2.45. The zero-order chi connectivity index (χ0) is 14.5. The Morgan fingerprint density at radius 3 is 1.10 bits per heavy atom. The molecule has 0 amide bonds. The summed E-state index contributed by atoms with van der Waals surface area (Å²) in [6.07, 6.45) is 0. The van der Waals surface area contributed by atoms with Crippen molar-refractivity contribution in [1.29, 1.82) is 0 Å². The van der Waals surface area contributed by atoms with Crippen LogP contribution in [-0.2, 0) is 0 Å². The third kappa shape index (κ3) is 3.77. The van der Waals surface area contributed by atoms with Gasteiger partial charge in [0, 0.05) is 0 Å². The Bertz CT molecular complexity index is 529. The number of hydrogen-bond acceptors (Lipinski definition) is 0. The van der Waals surface area contributed by atoms with E-state index < -0.39 is 11.1 Å². The first-order valence-electron chi connectivity index (χ1n) is 6.02. The number of halogens is 4. The van der Waals surface area contributed by atoms with E-state index in [0.717, 1.165) is 22.1 Å². The van der Waals surface area contributed by atoms with Crippen LogP contribution in [0, 0.1) is 0 Å². The molecule has 2 rings (SSSR count). The molecule has 2 aromatic carbocycles. The van der Waals surface area contributed by atoms with E-state index in [4.69, 9.17) is 45.8 Å². The summed E-state index contributed by atoms with van der Waals surface area (Å²) in [6.45, 7) is 0. The SMILES string of the molecule is ClB(Cl)C(=C(B(Cl)Cl)c1ccccc1)c1ccccc1. The predicted octanol–water partition coefficient (Wildman–Crippen LogP) is 5.61. The van der Waals surface area contributed by atoms with Gasteiger partial charge in [0.2, 0.25) is 0 Å². The van der Waals surface area contributed by atoms with E-state index in [1.807, 2.05) is 60.7 Å². The van der Waals surface area contributed by atoms with Crippen molar-refractivity contribution in [1.82, 2.24) is 0 Å². The Hall–Kier alpha value is -0.530. The molecule has 0 fully saturated rings. The van der Waals surface area contributed by atoms with Crippen LogP contribution < -0.4 is 0 Å². The Labute approximate surface area is 139 Å². The highest BCUT2D eigenvalue weighted by Crippen LogP contribution is 2.35. The minimum Gasteiger partial charge on any atom is -0.165 e. The fraction of sp³-hybridized carbons (Fsp3) is 0. The molecule has 0 radical (unpaired) electrons. The molecule has 0 aliphatic rings. The molecule has 100 valence electrons. The minimum absolute atomic E-state index is 0.715. The van der Waals surface area contributed by atoms with Gasteiger partial charge in [0.15, 0.2) is 0 Å². The topological polar surface area (TPSA) is 0 Å². The Balaban J connectivity index is 2.67. The zero-order valence-corrected chi connectivity index (χ0v) is 13.5. The van der Waals surface area contributed by atoms with E-state index in [9.17, 15) is 0 Å². The number of rotatable bonds is 4. The van der Waals surface area contributed by atoms with Crippen molar-refractivity contribution in [2.24, 2.45) is 0 Å². The van der Waals surface area contributed by atoms with Crippen LogP contribution in [0.3, 0.4) is 0 Å². The summed E-state index contributed by atoms with van der Waals surface area (Å²) in [5, 5.41) is 0. The fourth-order valence-electron chi connectivity index (χ4n) is 2.03. The van der Waals surface area contributed by atoms with Crippen LogP contribution in [0.5, 0.6) is 0 Å². The Morgan fingerprint density at radius 1 is 0.550 bits per heavy atom. The van der Waals surface area contributed by atoms with E-state index in [-0.39, 0.29) is 0 Å². The van der Waals surface area contributed by atoms with Gasteiger partial charge in [0.1, 0.15) is 0 Å². The molecular formula is C14H10B2Cl4. The molecule has 6 heteroatoms. The van der Waals surface area contributed by atoms with Crippen LogP contribution in [0.25, 0.3) is 10.9 Å². The van der Waals surface area contributed by atoms with Gasteiger partial charge in [-0.1, -0.05) is 60.7 Å². The molecule has 0 bridgehead atoms. The van der Waals surface area contributed by atoms with Gasteiger partial charge in [-0.3, -0.25) is 0 Å². The van der Waals surface area contributed by atoms with E-state index in [0.29, 0.717) is 0 Å². The quantitative estimate of drug-likeness (QED) is 0.501. The largest absolute Gasteiger partial charge is 0.383 e. The molecule has 0 N–H and O–H groups in total. The van der Waals surface area contributed by atoms with Gasteiger partial charge in [0.25, 0.3) is 0 Å². The van der Waals surface area contributed by atoms with Crippen molar-refractivity contribution in [3.8, 4) is 0 Å². The lowest BCUT2D eigenvalue weighted by atomic mass is 9.71. The van der Waals surface area contributed by atoms with Crippen LogP contribution in [-0.4, -0.2) is 11.1 Å². The first-order valence-corrected chi connectivity index (χ1v) is 7.77. The second kappa shape index (κ2) is 7.47. The lowest BCUT2D eigenvalue weighted by Gasteiger charge is -2.16. The van der Waals surface area contributed by atoms with Crippen LogP contribution >= 0.6 is 45.8 Å². The highest BCUT2D eigenvalue weighted by Gasteiger charge is 2.26. The molecule has 2 aromatic rings. The zero-order valence-electron chi connectivity index (χ0n) is 10.4. The van der Waals surface area contributed by atoms with Gasteiger partial charge >= 0.3 is 11.1 Å². The van der Waals surface area contributed by atoms with Gasteiger partial charge in [-0.15, -0.1) is 0 Å². The van der Waals surface area contributed by atoms with Gasteiger partial charge in [0.05, 0.1) is 0 Å². The molecule has 0 atom stereocenters. The van der Waals surface area contributed by atoms with Crippen molar-refractivity contribution < 1.29 is 0 Å². The number of benzene rings is 2. The average molecular weight is 342 g/mol. The van der Waals surface area contributed by atoms with Crippen LogP contribution in [0.4, 0.5) is 0 Å². The third-order valence-corrected chi connectivity index (χ3v) is 3.77. The molecule has 0 heterocycles. The molecule has 0 nitrogen and oxygen atoms in total. The fourth-order valence-corrected chi connectivity index (χ4v) is 3.01. The maximum Gasteiger partial charge on any atom is 0.383 e. The van der Waals surface area contributed by atoms with Crippen molar-refractivity contribution in [3.63, 3.8) is 0 Å². The van der Waals surface area contributed by atoms with E-state index >= 15 is 0 Å². The lowest BCUT2D eigenvalue weighted by Crippen LogP contribution is -2.10. The van der Waals surface area contributed by atoms with Crippen molar-refractivity contribution in [3.05, 3.63) is 71.8 Å². The van der Waals surface area contributed by atoms with E-state index in [1.165, 1.54) is 0 Å². The van der Waals surface area contributed by atoms with Crippen molar-refractivity contribution in [2.75, 3.05) is 0 Å². The van der Waals surface area contributed by atoms with E-state index in [2.05, 4.69) is 0 Å². The maximum atomic E-state index is 6.16. The highest BCUT2D eigenvalue weighted by atomic mass is 35.5. The lowest BCUT2D eigenvalue weighted by molar-refractivity contribution is 1.62. The van der Waals surface area contributed by atoms with Gasteiger partial charge in [-0.25, -0.2) is 0 Å². The maximum absolute atomic E-state index is 6.16. The molecular weight excluding hydrogens is 332 g/mol. The third-order valence-electron chi connectivity index (χ3n) is 2.90. The predicted molar refractivity (Wildman–Crippen MR) is 94.6 cm³/mol. The Kier molecular flexibility index (Phi) is 5.92. The molecule has 0 saturated heterocycles. The van der Waals surface area contributed by atoms with Crippen LogP contribution in [0.15, 0.2) is 60.7 Å². The molecule has 0 saturated carbocycles. The van der Waals surface area contributed by atoms with Gasteiger partial charge in [-0.2, -0.15) is 45.8 Å². The summed E-state index contributed by atoms with van der Waals surface area (Å²) < 4.78 is 0. The van der Waals surface area contributed by atoms with Crippen LogP contribution in [0.1, 0.15) is 11.1 Å². The number of hydrogen-bond donors (Lipinski definition) is 0. The summed E-state index contributed by atoms with van der Waals surface area (Å²) >= 11 is 24.6. The second-order valence-corrected chi connectivity index (χ2v) is 6.35. The smallest absolute Gasteiger partial charge is 0.165 e. The first-order chi connectivity index (χ1) is 9.61. The molecule has 0 aliphatic carbocycles. The minimum atomic E-state index is -0.715. The Morgan fingerprint density at radius 2 is 0.850 bits per heavy atom. The molecule has 0 unspecified atom stereocenters. The standard InChI is InChI=1S/C14H10B2Cl4/c17-15(18)13(11-7-3-1-4-8-11)14(16(19)20)12-9-5-2-6-10-12/h1-10H. The summed E-state index contributed by atoms with van der Waals surface area (Å²) in [6, 6.07) is 19.3. The summed E-state index contributed by atoms with van der Waals surface area (Å²) in [4.78, 5) is 0. The van der Waals surface area contributed by atoms with Gasteiger partial charge < -0.3 is 0 Å². The highest BCUT2D eigenvalue weighted by molar-refractivity contribution is 7.47. The van der Waals surface area contributed by atoms with Crippen molar-refractivity contribution in [2.45, 2.75) is 0 Å². The summed E-state index contributed by atoms with van der Waals surface area (Å²) in [5.41, 5.74) is 1.85. The first kappa shape index (κ1) is 15.9. The molecule has 0 spiro atoms. The summed E-state index contributed by atoms with van der Waals surface area (Å²) in [5.74, 6) is 0. The van der Waals surface area contributed by atoms with E-state index in [1.54, 1.807) is 0 Å². The van der Waals surface area contributed by atoms with Crippen LogP contribution in [0.2, 0.25) is 0 Å². The van der Waals surface area contributed by atoms with Gasteiger partial charge in [-0.05, 0) is 22.1 Å². The molecule has 0 aromatic heterocycles. The summed E-state index contributed by atoms with van der Waals surface area (Å²) in [7, 11) is 0. The second-order valence-electron chi connectivity index (χ2n) is 4.16. The molecule has 20 heavy (non-hydrogen) atoms. The van der Waals surface area contributed by atoms with Crippen molar-refractivity contribution >= 4 is 67.9 Å². The monoisotopic (exact) mass is 340 g/mol.